The van der Waals surface area contributed by atoms with Crippen molar-refractivity contribution in [3.8, 4) is 11.5 Å². The van der Waals surface area contributed by atoms with Gasteiger partial charge in [0.1, 0.15) is 6.04 Å². The molecule has 3 aromatic rings. The first-order chi connectivity index (χ1) is 12.8. The minimum atomic E-state index is -0.0622. The van der Waals surface area contributed by atoms with E-state index in [0.717, 1.165) is 28.6 Å². The van der Waals surface area contributed by atoms with Crippen molar-refractivity contribution in [2.45, 2.75) is 12.1 Å². The number of nitrogens with zero attached hydrogens (tertiary/aromatic N) is 2. The Balaban J connectivity index is 1.60. The highest BCUT2D eigenvalue weighted by Crippen LogP contribution is 2.43. The van der Waals surface area contributed by atoms with E-state index in [1.165, 1.54) is 0 Å². The maximum atomic E-state index is 5.68. The summed E-state index contributed by atoms with van der Waals surface area (Å²) >= 11 is 5.68. The summed E-state index contributed by atoms with van der Waals surface area (Å²) in [6, 6.07) is 15.7. The van der Waals surface area contributed by atoms with Gasteiger partial charge >= 0.3 is 0 Å². The Morgan fingerprint density at radius 3 is 2.81 bits per heavy atom. The average Bonchev–Trinajstić information content (AvgIpc) is 3.41. The number of hydrogen-bond donors (Lipinski definition) is 2. The molecular formula is C19H16N4O2S. The van der Waals surface area contributed by atoms with Gasteiger partial charge in [-0.15, -0.1) is 0 Å². The van der Waals surface area contributed by atoms with Crippen molar-refractivity contribution < 1.29 is 9.47 Å². The molecule has 2 atom stereocenters. The van der Waals surface area contributed by atoms with Crippen molar-refractivity contribution in [1.29, 1.82) is 0 Å². The van der Waals surface area contributed by atoms with Crippen LogP contribution in [0, 0.1) is 0 Å². The van der Waals surface area contributed by atoms with E-state index in [4.69, 9.17) is 21.7 Å². The number of rotatable bonds is 3. The fourth-order valence-corrected chi connectivity index (χ4v) is 3.86. The minimum absolute atomic E-state index is 0.0484. The number of fused-ring (bicyclic) bond motifs is 1. The van der Waals surface area contributed by atoms with Gasteiger partial charge in [-0.25, -0.2) is 0 Å². The van der Waals surface area contributed by atoms with Gasteiger partial charge in [0.05, 0.1) is 11.7 Å². The van der Waals surface area contributed by atoms with Crippen molar-refractivity contribution in [3.05, 3.63) is 72.3 Å². The van der Waals surface area contributed by atoms with Crippen LogP contribution in [0.2, 0.25) is 0 Å². The first kappa shape index (κ1) is 15.2. The third-order valence-electron chi connectivity index (χ3n) is 4.67. The van der Waals surface area contributed by atoms with Crippen molar-refractivity contribution in [2.24, 2.45) is 0 Å². The van der Waals surface area contributed by atoms with Crippen LogP contribution in [0.15, 0.2) is 60.9 Å². The molecule has 130 valence electrons. The van der Waals surface area contributed by atoms with Crippen molar-refractivity contribution in [3.63, 3.8) is 0 Å². The van der Waals surface area contributed by atoms with Crippen LogP contribution in [-0.2, 0) is 0 Å². The number of thiocarbonyl (C=S) groups is 1. The fourth-order valence-electron chi connectivity index (χ4n) is 3.51. The van der Waals surface area contributed by atoms with Gasteiger partial charge in [-0.05, 0) is 48.6 Å². The summed E-state index contributed by atoms with van der Waals surface area (Å²) in [5, 5.41) is 4.08. The van der Waals surface area contributed by atoms with Crippen LogP contribution >= 0.6 is 12.2 Å². The summed E-state index contributed by atoms with van der Waals surface area (Å²) in [7, 11) is 0. The van der Waals surface area contributed by atoms with E-state index in [9.17, 15) is 0 Å². The normalized spacial score (nSPS) is 21.1. The zero-order chi connectivity index (χ0) is 17.5. The second-order valence-corrected chi connectivity index (χ2v) is 6.55. The van der Waals surface area contributed by atoms with Crippen LogP contribution < -0.4 is 19.7 Å². The Bertz CT molecular complexity index is 945. The van der Waals surface area contributed by atoms with Gasteiger partial charge in [-0.1, -0.05) is 6.07 Å². The topological polar surface area (TPSA) is 62.4 Å². The highest BCUT2D eigenvalue weighted by Gasteiger charge is 2.41. The van der Waals surface area contributed by atoms with Gasteiger partial charge in [0, 0.05) is 29.8 Å². The minimum Gasteiger partial charge on any atom is -0.454 e. The number of hydrogen-bond acceptors (Lipinski definition) is 4. The van der Waals surface area contributed by atoms with Gasteiger partial charge in [-0.2, -0.15) is 0 Å². The fraction of sp³-hybridized carbons (Fsp3) is 0.158. The average molecular weight is 364 g/mol. The molecule has 4 heterocycles. The smallest absolute Gasteiger partial charge is 0.231 e. The molecule has 0 bridgehead atoms. The zero-order valence-electron chi connectivity index (χ0n) is 13.8. The number of H-pyrrole nitrogens is 1. The summed E-state index contributed by atoms with van der Waals surface area (Å²) in [6.07, 6.45) is 3.72. The first-order valence-electron chi connectivity index (χ1n) is 8.35. The van der Waals surface area contributed by atoms with Crippen LogP contribution in [0.25, 0.3) is 0 Å². The molecule has 1 saturated heterocycles. The van der Waals surface area contributed by atoms with Gasteiger partial charge in [0.25, 0.3) is 0 Å². The summed E-state index contributed by atoms with van der Waals surface area (Å²) in [6.45, 7) is 0.248. The number of ether oxygens (including phenoxy) is 2. The number of benzene rings is 1. The summed E-state index contributed by atoms with van der Waals surface area (Å²) in [5.41, 5.74) is 2.95. The molecule has 1 aromatic carbocycles. The van der Waals surface area contributed by atoms with E-state index < -0.39 is 0 Å². The zero-order valence-corrected chi connectivity index (χ0v) is 14.6. The molecule has 0 radical (unpaired) electrons. The lowest BCUT2D eigenvalue weighted by Crippen LogP contribution is -2.29. The Labute approximate surface area is 155 Å². The van der Waals surface area contributed by atoms with Crippen molar-refractivity contribution >= 4 is 23.0 Å². The molecule has 0 amide bonds. The molecule has 1 fully saturated rings. The molecular weight excluding hydrogens is 348 g/mol. The molecule has 7 heteroatoms. The molecule has 0 aliphatic carbocycles. The molecule has 2 unspecified atom stereocenters. The van der Waals surface area contributed by atoms with Crippen LogP contribution in [0.4, 0.5) is 5.69 Å². The molecule has 2 aliphatic heterocycles. The number of aromatic amines is 1. The van der Waals surface area contributed by atoms with Crippen LogP contribution in [0.3, 0.4) is 0 Å². The van der Waals surface area contributed by atoms with E-state index in [0.29, 0.717) is 5.11 Å². The predicted octanol–water partition coefficient (Wildman–Crippen LogP) is 3.32. The third-order valence-corrected chi connectivity index (χ3v) is 4.99. The molecule has 5 rings (SSSR count). The second kappa shape index (κ2) is 6.03. The number of aromatic nitrogens is 2. The summed E-state index contributed by atoms with van der Waals surface area (Å²) in [4.78, 5) is 9.96. The Kier molecular flexibility index (Phi) is 3.53. The quantitative estimate of drug-likeness (QED) is 0.695. The maximum Gasteiger partial charge on any atom is 0.231 e. The molecule has 2 N–H and O–H groups in total. The third kappa shape index (κ3) is 2.40. The molecule has 2 aromatic heterocycles. The van der Waals surface area contributed by atoms with Crippen LogP contribution in [0.1, 0.15) is 23.5 Å². The predicted molar refractivity (Wildman–Crippen MR) is 101 cm³/mol. The van der Waals surface area contributed by atoms with Crippen LogP contribution in [-0.4, -0.2) is 21.9 Å². The second-order valence-electron chi connectivity index (χ2n) is 6.16. The number of nitrogens with one attached hydrogen (secondary N) is 2. The van der Waals surface area contributed by atoms with E-state index >= 15 is 0 Å². The molecule has 2 aliphatic rings. The monoisotopic (exact) mass is 364 g/mol. The highest BCUT2D eigenvalue weighted by molar-refractivity contribution is 7.80. The standard InChI is InChI=1S/C19H16N4O2S/c26-19-22-17(13-4-1-2-8-20-13)18(14-5-3-9-21-14)23(19)12-6-7-15-16(10-12)25-11-24-15/h1-10,17-18,21H,11H2,(H,22,26). The lowest BCUT2D eigenvalue weighted by Gasteiger charge is -2.27. The van der Waals surface area contributed by atoms with E-state index in [1.54, 1.807) is 6.20 Å². The summed E-state index contributed by atoms with van der Waals surface area (Å²) in [5.74, 6) is 1.49. The number of pyridine rings is 1. The van der Waals surface area contributed by atoms with Gasteiger partial charge < -0.3 is 24.7 Å². The maximum absolute atomic E-state index is 5.68. The Morgan fingerprint density at radius 2 is 2.00 bits per heavy atom. The molecule has 6 nitrogen and oxygen atoms in total. The van der Waals surface area contributed by atoms with E-state index in [1.807, 2.05) is 48.7 Å². The van der Waals surface area contributed by atoms with Gasteiger partial charge in [-0.3, -0.25) is 4.98 Å². The Morgan fingerprint density at radius 1 is 1.08 bits per heavy atom. The van der Waals surface area contributed by atoms with Crippen molar-refractivity contribution in [2.75, 3.05) is 11.7 Å². The SMILES string of the molecule is S=C1NC(c2ccccn2)C(c2ccc[nH]2)N1c1ccc2c(c1)OCO2. The molecule has 26 heavy (non-hydrogen) atoms. The largest absolute Gasteiger partial charge is 0.454 e. The molecule has 0 spiro atoms. The highest BCUT2D eigenvalue weighted by atomic mass is 32.1. The van der Waals surface area contributed by atoms with Crippen molar-refractivity contribution in [1.82, 2.24) is 15.3 Å². The lowest BCUT2D eigenvalue weighted by molar-refractivity contribution is 0.174. The van der Waals surface area contributed by atoms with Crippen LogP contribution in [0.5, 0.6) is 11.5 Å². The van der Waals surface area contributed by atoms with E-state index in [-0.39, 0.29) is 18.9 Å². The molecule has 0 saturated carbocycles. The summed E-state index contributed by atoms with van der Waals surface area (Å²) < 4.78 is 11.0. The lowest BCUT2D eigenvalue weighted by atomic mass is 10.0. The van der Waals surface area contributed by atoms with E-state index in [2.05, 4.69) is 26.3 Å². The van der Waals surface area contributed by atoms with Gasteiger partial charge in [0.2, 0.25) is 6.79 Å². The first-order valence-corrected chi connectivity index (χ1v) is 8.76. The van der Waals surface area contributed by atoms with Gasteiger partial charge in [0.15, 0.2) is 16.6 Å². The Hall–Kier alpha value is -3.06. The number of anilines is 1.